The first-order valence-electron chi connectivity index (χ1n) is 38.2. The molecule has 5 atom stereocenters. The summed E-state index contributed by atoms with van der Waals surface area (Å²) in [6, 6.07) is 0. The highest BCUT2D eigenvalue weighted by Gasteiger charge is 2.30. The molecule has 0 aromatic rings. The second-order valence-corrected chi connectivity index (χ2v) is 28.5. The Balaban J connectivity index is 5.33. The molecule has 0 saturated heterocycles. The number of carbonyl (C=O) groups excluding carboxylic acids is 4. The molecule has 0 saturated carbocycles. The zero-order valence-electron chi connectivity index (χ0n) is 60.8. The lowest BCUT2D eigenvalue weighted by Crippen LogP contribution is -2.30. The average molecular weight is 1400 g/mol. The number of unbranched alkanes of at least 4 members (excludes halogenated alkanes) is 34. The lowest BCUT2D eigenvalue weighted by Gasteiger charge is -2.21. The Labute approximate surface area is 583 Å². The molecule has 0 aliphatic heterocycles. The number of phosphoric ester groups is 2. The van der Waals surface area contributed by atoms with Crippen LogP contribution in [0.2, 0.25) is 0 Å². The Kier molecular flexibility index (Phi) is 67.4. The van der Waals surface area contributed by atoms with E-state index in [1.54, 1.807) is 0 Å². The van der Waals surface area contributed by atoms with Gasteiger partial charge in [0, 0.05) is 25.7 Å². The predicted molar refractivity (Wildman–Crippen MR) is 390 cm³/mol. The van der Waals surface area contributed by atoms with Crippen molar-refractivity contribution in [1.29, 1.82) is 0 Å². The van der Waals surface area contributed by atoms with Crippen molar-refractivity contribution in [2.75, 3.05) is 39.6 Å². The highest BCUT2D eigenvalue weighted by molar-refractivity contribution is 7.47. The second-order valence-electron chi connectivity index (χ2n) is 25.6. The van der Waals surface area contributed by atoms with E-state index in [9.17, 15) is 43.2 Å². The smallest absolute Gasteiger partial charge is 0.462 e. The van der Waals surface area contributed by atoms with Crippen LogP contribution in [0.4, 0.5) is 0 Å². The summed E-state index contributed by atoms with van der Waals surface area (Å²) in [4.78, 5) is 72.8. The SMILES string of the molecule is CC/C=C\C/C=C\C/C=C\CCCCCCCC(=O)OCC(COP(=O)(O)OCC(O)COP(=O)(O)OCC(COC(=O)CCCCCCC/C=C\CCCCCCCC)OC(=O)CCCCCCC/C=C\CCCC)OC(=O)CCCCCCC/C=C\CCCCCCCC. The molecule has 0 aliphatic rings. The van der Waals surface area contributed by atoms with Crippen LogP contribution in [0.25, 0.3) is 0 Å². The number of allylic oxidation sites excluding steroid dienone is 12. The Morgan fingerprint density at radius 2 is 0.552 bits per heavy atom. The van der Waals surface area contributed by atoms with Crippen LogP contribution in [0.3, 0.4) is 0 Å². The Bertz CT molecular complexity index is 2110. The minimum Gasteiger partial charge on any atom is -0.462 e. The Hall–Kier alpha value is -3.50. The number of rotatable bonds is 72. The number of aliphatic hydroxyl groups is 1. The molecule has 0 radical (unpaired) electrons. The van der Waals surface area contributed by atoms with Gasteiger partial charge in [0.2, 0.25) is 0 Å². The number of hydrogen-bond donors (Lipinski definition) is 3. The molecule has 0 heterocycles. The zero-order chi connectivity index (χ0) is 70.4. The van der Waals surface area contributed by atoms with Gasteiger partial charge in [0.15, 0.2) is 12.2 Å². The van der Waals surface area contributed by atoms with Gasteiger partial charge in [-0.15, -0.1) is 0 Å². The number of aliphatic hydroxyl groups excluding tert-OH is 1. The van der Waals surface area contributed by atoms with Crippen LogP contribution in [-0.4, -0.2) is 96.7 Å². The van der Waals surface area contributed by atoms with Gasteiger partial charge in [-0.05, 0) is 128 Å². The van der Waals surface area contributed by atoms with Gasteiger partial charge in [0.25, 0.3) is 0 Å². The van der Waals surface area contributed by atoms with Crippen LogP contribution in [-0.2, 0) is 65.4 Å². The van der Waals surface area contributed by atoms with Crippen LogP contribution < -0.4 is 0 Å². The molecule has 558 valence electrons. The maximum atomic E-state index is 13.1. The van der Waals surface area contributed by atoms with E-state index in [4.69, 9.17) is 37.0 Å². The summed E-state index contributed by atoms with van der Waals surface area (Å²) in [5.74, 6) is -2.20. The molecular weight excluding hydrogens is 1260 g/mol. The molecule has 0 aliphatic carbocycles. The van der Waals surface area contributed by atoms with E-state index >= 15 is 0 Å². The summed E-state index contributed by atoms with van der Waals surface area (Å²) in [5, 5.41) is 10.6. The van der Waals surface area contributed by atoms with Crippen molar-refractivity contribution < 1.29 is 80.2 Å². The summed E-state index contributed by atoms with van der Waals surface area (Å²) in [6.45, 7) is 4.70. The molecule has 5 unspecified atom stereocenters. The zero-order valence-corrected chi connectivity index (χ0v) is 62.6. The number of hydrogen-bond acceptors (Lipinski definition) is 15. The summed E-state index contributed by atoms with van der Waals surface area (Å²) < 4.78 is 68.4. The van der Waals surface area contributed by atoms with E-state index in [2.05, 4.69) is 101 Å². The fourth-order valence-corrected chi connectivity index (χ4v) is 11.8. The van der Waals surface area contributed by atoms with E-state index in [0.29, 0.717) is 25.7 Å². The van der Waals surface area contributed by atoms with E-state index in [1.165, 1.54) is 89.9 Å². The first-order valence-corrected chi connectivity index (χ1v) is 41.2. The maximum Gasteiger partial charge on any atom is 0.472 e. The fourth-order valence-electron chi connectivity index (χ4n) is 10.3. The molecule has 0 bridgehead atoms. The van der Waals surface area contributed by atoms with Crippen LogP contribution in [0.15, 0.2) is 72.9 Å². The highest BCUT2D eigenvalue weighted by Crippen LogP contribution is 2.45. The standard InChI is InChI=1S/C77H138O17P2/c1-5-9-13-17-21-25-29-32-35-38-42-45-49-53-57-61-74(79)87-67-72(93-76(81)63-59-55-51-47-41-28-24-20-16-12-8-4)69-91-95(83,84)89-65-71(78)66-90-96(85,86)92-70-73(94-77(82)64-60-56-52-48-44-40-37-34-31-27-23-19-15-11-7-3)68-88-75(80)62-58-54-50-46-43-39-36-33-30-26-22-18-14-10-6-2/h10,14,20,22,24,26,32-37,71-73,78H,5-9,11-13,15-19,21,23,25,27-31,38-70H2,1-4H3,(H,83,84)(H,85,86)/b14-10-,24-20-,26-22-,35-32-,36-33-,37-34-. The molecule has 0 rings (SSSR count). The van der Waals surface area contributed by atoms with Crippen LogP contribution in [0.5, 0.6) is 0 Å². The third-order valence-electron chi connectivity index (χ3n) is 16.1. The van der Waals surface area contributed by atoms with E-state index < -0.39 is 97.5 Å². The molecule has 17 nitrogen and oxygen atoms in total. The number of phosphoric acid groups is 2. The minimum absolute atomic E-state index is 0.0832. The monoisotopic (exact) mass is 1400 g/mol. The van der Waals surface area contributed by atoms with Gasteiger partial charge in [-0.25, -0.2) is 9.13 Å². The average Bonchev–Trinajstić information content (AvgIpc) is 1.09. The van der Waals surface area contributed by atoms with Crippen LogP contribution in [0.1, 0.15) is 336 Å². The minimum atomic E-state index is -4.97. The maximum absolute atomic E-state index is 13.1. The van der Waals surface area contributed by atoms with Crippen molar-refractivity contribution in [2.24, 2.45) is 0 Å². The van der Waals surface area contributed by atoms with Gasteiger partial charge in [0.1, 0.15) is 19.3 Å². The van der Waals surface area contributed by atoms with Crippen LogP contribution >= 0.6 is 15.6 Å². The van der Waals surface area contributed by atoms with Gasteiger partial charge in [-0.2, -0.15) is 0 Å². The molecule has 19 heteroatoms. The first kappa shape index (κ1) is 92.5. The van der Waals surface area contributed by atoms with Crippen LogP contribution in [0, 0.1) is 0 Å². The van der Waals surface area contributed by atoms with Crippen molar-refractivity contribution in [3.63, 3.8) is 0 Å². The summed E-state index contributed by atoms with van der Waals surface area (Å²) in [6.07, 6.45) is 68.9. The molecule has 96 heavy (non-hydrogen) atoms. The van der Waals surface area contributed by atoms with Crippen molar-refractivity contribution >= 4 is 39.5 Å². The third-order valence-corrected chi connectivity index (χ3v) is 18.0. The quantitative estimate of drug-likeness (QED) is 0.0169. The number of carbonyl (C=O) groups is 4. The third kappa shape index (κ3) is 69.0. The molecule has 3 N–H and O–H groups in total. The molecular formula is C77H138O17P2. The largest absolute Gasteiger partial charge is 0.472 e. The second kappa shape index (κ2) is 70.0. The first-order chi connectivity index (χ1) is 46.7. The fraction of sp³-hybridized carbons (Fsp3) is 0.792. The van der Waals surface area contributed by atoms with Crippen molar-refractivity contribution in [3.8, 4) is 0 Å². The normalized spacial score (nSPS) is 14.4. The van der Waals surface area contributed by atoms with Crippen molar-refractivity contribution in [1.82, 2.24) is 0 Å². The summed E-state index contributed by atoms with van der Waals surface area (Å²) in [5.41, 5.74) is 0. The Morgan fingerprint density at radius 3 is 0.875 bits per heavy atom. The highest BCUT2D eigenvalue weighted by atomic mass is 31.2. The van der Waals surface area contributed by atoms with E-state index in [0.717, 1.165) is 167 Å². The molecule has 0 aromatic carbocycles. The predicted octanol–water partition coefficient (Wildman–Crippen LogP) is 21.7. The Morgan fingerprint density at radius 1 is 0.302 bits per heavy atom. The lowest BCUT2D eigenvalue weighted by atomic mass is 10.1. The summed E-state index contributed by atoms with van der Waals surface area (Å²) >= 11 is 0. The van der Waals surface area contributed by atoms with Gasteiger partial charge in [0.05, 0.1) is 26.4 Å². The number of esters is 4. The van der Waals surface area contributed by atoms with Gasteiger partial charge >= 0.3 is 39.5 Å². The molecule has 0 spiro atoms. The topological polar surface area (TPSA) is 237 Å². The lowest BCUT2D eigenvalue weighted by molar-refractivity contribution is -0.161. The molecule has 0 fully saturated rings. The summed E-state index contributed by atoms with van der Waals surface area (Å²) in [7, 11) is -9.94. The van der Waals surface area contributed by atoms with Gasteiger partial charge < -0.3 is 33.8 Å². The van der Waals surface area contributed by atoms with Gasteiger partial charge in [-0.1, -0.05) is 255 Å². The van der Waals surface area contributed by atoms with Gasteiger partial charge in [-0.3, -0.25) is 37.3 Å². The van der Waals surface area contributed by atoms with Crippen molar-refractivity contribution in [3.05, 3.63) is 72.9 Å². The van der Waals surface area contributed by atoms with E-state index in [-0.39, 0.29) is 25.7 Å². The van der Waals surface area contributed by atoms with Crippen molar-refractivity contribution in [2.45, 2.75) is 354 Å². The molecule has 0 aromatic heterocycles. The number of ether oxygens (including phenoxy) is 4. The van der Waals surface area contributed by atoms with E-state index in [1.807, 2.05) is 0 Å². The molecule has 0 amide bonds.